The van der Waals surface area contributed by atoms with Gasteiger partial charge >= 0.3 is 0 Å². The van der Waals surface area contributed by atoms with Crippen molar-refractivity contribution >= 4 is 0 Å². The van der Waals surface area contributed by atoms with Gasteiger partial charge in [0.2, 0.25) is 0 Å². The molecule has 0 bridgehead atoms. The molecule has 5 nitrogen and oxygen atoms in total. The average Bonchev–Trinajstić information content (AvgIpc) is 2.91. The van der Waals surface area contributed by atoms with E-state index >= 15 is 0 Å². The number of hydrogen-bond acceptors (Lipinski definition) is 4. The molecular formula is C14H17FN4O. The van der Waals surface area contributed by atoms with Crippen LogP contribution in [0.25, 0.3) is 0 Å². The van der Waals surface area contributed by atoms with Crippen LogP contribution in [0, 0.1) is 5.82 Å². The molecule has 1 aliphatic rings. The van der Waals surface area contributed by atoms with E-state index in [2.05, 4.69) is 15.4 Å². The van der Waals surface area contributed by atoms with Gasteiger partial charge in [-0.05, 0) is 31.0 Å². The lowest BCUT2D eigenvalue weighted by Crippen LogP contribution is -2.55. The Hall–Kier alpha value is -1.79. The van der Waals surface area contributed by atoms with E-state index in [0.29, 0.717) is 6.42 Å². The third-order valence-corrected chi connectivity index (χ3v) is 3.82. The number of nitrogens with one attached hydrogen (secondary N) is 1. The zero-order valence-electron chi connectivity index (χ0n) is 11.1. The number of pyridine rings is 1. The quantitative estimate of drug-likeness (QED) is 0.887. The van der Waals surface area contributed by atoms with Crippen LogP contribution in [-0.4, -0.2) is 32.0 Å². The van der Waals surface area contributed by atoms with Gasteiger partial charge in [0.05, 0.1) is 18.3 Å². The highest BCUT2D eigenvalue weighted by molar-refractivity contribution is 5.15. The molecule has 20 heavy (non-hydrogen) atoms. The maximum absolute atomic E-state index is 13.2. The Balaban J connectivity index is 1.69. The standard InChI is InChI=1S/C14H17FN4O/c1-9(10-5-11(15)8-16-7-10)18-12-6-13(20)14(12)19-4-2-3-17-19/h2-5,7-9,12-14,18,20H,6H2,1H3/t9?,12-,13+,14+/m0/s1. The summed E-state index contributed by atoms with van der Waals surface area (Å²) in [6.07, 6.45) is 6.65. The highest BCUT2D eigenvalue weighted by atomic mass is 19.1. The van der Waals surface area contributed by atoms with E-state index in [1.807, 2.05) is 19.2 Å². The van der Waals surface area contributed by atoms with Crippen LogP contribution >= 0.6 is 0 Å². The van der Waals surface area contributed by atoms with Crippen LogP contribution in [-0.2, 0) is 0 Å². The topological polar surface area (TPSA) is 63.0 Å². The molecule has 1 saturated carbocycles. The second kappa shape index (κ2) is 5.30. The van der Waals surface area contributed by atoms with Crippen molar-refractivity contribution in [2.75, 3.05) is 0 Å². The smallest absolute Gasteiger partial charge is 0.141 e. The van der Waals surface area contributed by atoms with Gasteiger partial charge in [0.25, 0.3) is 0 Å². The fraction of sp³-hybridized carbons (Fsp3) is 0.429. The van der Waals surface area contributed by atoms with Crippen LogP contribution in [0.5, 0.6) is 0 Å². The molecule has 0 aliphatic heterocycles. The molecule has 2 aromatic rings. The second-order valence-electron chi connectivity index (χ2n) is 5.21. The van der Waals surface area contributed by atoms with Crippen LogP contribution < -0.4 is 5.32 Å². The van der Waals surface area contributed by atoms with Crippen molar-refractivity contribution in [1.82, 2.24) is 20.1 Å². The number of aliphatic hydroxyl groups is 1. The van der Waals surface area contributed by atoms with Gasteiger partial charge < -0.3 is 10.4 Å². The first-order chi connectivity index (χ1) is 9.65. The Labute approximate surface area is 116 Å². The van der Waals surface area contributed by atoms with Crippen molar-refractivity contribution in [3.63, 3.8) is 0 Å². The SMILES string of the molecule is CC(N[C@H]1C[C@@H](O)[C@@H]1n1cccn1)c1cncc(F)c1. The van der Waals surface area contributed by atoms with E-state index < -0.39 is 6.10 Å². The van der Waals surface area contributed by atoms with Crippen LogP contribution in [0.3, 0.4) is 0 Å². The number of nitrogens with zero attached hydrogens (tertiary/aromatic N) is 3. The van der Waals surface area contributed by atoms with Gasteiger partial charge in [-0.3, -0.25) is 9.67 Å². The van der Waals surface area contributed by atoms with E-state index in [-0.39, 0.29) is 23.9 Å². The minimum absolute atomic E-state index is 0.0336. The van der Waals surface area contributed by atoms with E-state index in [0.717, 1.165) is 5.56 Å². The highest BCUT2D eigenvalue weighted by Crippen LogP contribution is 2.33. The normalized spacial score (nSPS) is 27.1. The second-order valence-corrected chi connectivity index (χ2v) is 5.21. The number of rotatable bonds is 4. The van der Waals surface area contributed by atoms with Crippen molar-refractivity contribution in [2.45, 2.75) is 37.6 Å². The third kappa shape index (κ3) is 2.44. The summed E-state index contributed by atoms with van der Waals surface area (Å²) in [5.41, 5.74) is 0.797. The van der Waals surface area contributed by atoms with Gasteiger partial charge in [0, 0.05) is 30.7 Å². The molecule has 0 amide bonds. The Kier molecular flexibility index (Phi) is 3.50. The molecule has 0 aromatic carbocycles. The predicted molar refractivity (Wildman–Crippen MR) is 71.4 cm³/mol. The Morgan fingerprint density at radius 3 is 3.00 bits per heavy atom. The van der Waals surface area contributed by atoms with Crippen molar-refractivity contribution < 1.29 is 9.50 Å². The van der Waals surface area contributed by atoms with Crippen molar-refractivity contribution in [3.8, 4) is 0 Å². The highest BCUT2D eigenvalue weighted by Gasteiger charge is 2.42. The monoisotopic (exact) mass is 276 g/mol. The van der Waals surface area contributed by atoms with Crippen LogP contribution in [0.1, 0.15) is 31.0 Å². The summed E-state index contributed by atoms with van der Waals surface area (Å²) in [6.45, 7) is 1.96. The van der Waals surface area contributed by atoms with Crippen molar-refractivity contribution in [2.24, 2.45) is 0 Å². The average molecular weight is 276 g/mol. The van der Waals surface area contributed by atoms with Crippen molar-refractivity contribution in [3.05, 3.63) is 48.3 Å². The molecule has 0 radical (unpaired) electrons. The molecule has 1 aliphatic carbocycles. The fourth-order valence-electron chi connectivity index (χ4n) is 2.68. The van der Waals surface area contributed by atoms with Crippen LogP contribution in [0.2, 0.25) is 0 Å². The zero-order valence-corrected chi connectivity index (χ0v) is 11.1. The molecule has 3 rings (SSSR count). The summed E-state index contributed by atoms with van der Waals surface area (Å²) in [5.74, 6) is -0.339. The van der Waals surface area contributed by atoms with Crippen LogP contribution in [0.15, 0.2) is 36.9 Å². The summed E-state index contributed by atoms with van der Waals surface area (Å²) in [4.78, 5) is 3.86. The number of halogens is 1. The number of aromatic nitrogens is 3. The van der Waals surface area contributed by atoms with E-state index in [4.69, 9.17) is 0 Å². The number of hydrogen-bond donors (Lipinski definition) is 2. The zero-order chi connectivity index (χ0) is 14.1. The van der Waals surface area contributed by atoms with Gasteiger partial charge in [-0.1, -0.05) is 0 Å². The molecule has 4 atom stereocenters. The molecule has 2 heterocycles. The van der Waals surface area contributed by atoms with E-state index in [9.17, 15) is 9.50 Å². The summed E-state index contributed by atoms with van der Waals surface area (Å²) in [7, 11) is 0. The van der Waals surface area contributed by atoms with Gasteiger partial charge in [0.1, 0.15) is 5.82 Å². The lowest BCUT2D eigenvalue weighted by molar-refractivity contribution is -0.0111. The van der Waals surface area contributed by atoms with E-state index in [1.165, 1.54) is 12.3 Å². The van der Waals surface area contributed by atoms with Gasteiger partial charge in [-0.25, -0.2) is 4.39 Å². The van der Waals surface area contributed by atoms with Crippen molar-refractivity contribution in [1.29, 1.82) is 0 Å². The molecule has 2 N–H and O–H groups in total. The minimum Gasteiger partial charge on any atom is -0.391 e. The predicted octanol–water partition coefficient (Wildman–Crippen LogP) is 1.44. The van der Waals surface area contributed by atoms with Gasteiger partial charge in [-0.2, -0.15) is 5.10 Å². The lowest BCUT2D eigenvalue weighted by Gasteiger charge is -2.43. The van der Waals surface area contributed by atoms with Crippen LogP contribution in [0.4, 0.5) is 4.39 Å². The molecule has 2 aromatic heterocycles. The fourth-order valence-corrected chi connectivity index (χ4v) is 2.68. The maximum atomic E-state index is 13.2. The lowest BCUT2D eigenvalue weighted by atomic mass is 9.82. The minimum atomic E-state index is -0.398. The molecular weight excluding hydrogens is 259 g/mol. The third-order valence-electron chi connectivity index (χ3n) is 3.82. The molecule has 106 valence electrons. The first-order valence-electron chi connectivity index (χ1n) is 6.69. The summed E-state index contributed by atoms with van der Waals surface area (Å²) in [6, 6.07) is 3.32. The Bertz CT molecular complexity index is 574. The van der Waals surface area contributed by atoms with E-state index in [1.54, 1.807) is 17.1 Å². The Morgan fingerprint density at radius 2 is 2.35 bits per heavy atom. The molecule has 6 heteroatoms. The molecule has 1 unspecified atom stereocenters. The summed E-state index contributed by atoms with van der Waals surface area (Å²) < 4.78 is 14.9. The maximum Gasteiger partial charge on any atom is 0.141 e. The molecule has 0 saturated heterocycles. The summed E-state index contributed by atoms with van der Waals surface area (Å²) >= 11 is 0. The summed E-state index contributed by atoms with van der Waals surface area (Å²) in [5, 5.41) is 17.5. The van der Waals surface area contributed by atoms with Gasteiger partial charge in [0.15, 0.2) is 0 Å². The Morgan fingerprint density at radius 1 is 1.50 bits per heavy atom. The largest absolute Gasteiger partial charge is 0.391 e. The molecule has 0 spiro atoms. The van der Waals surface area contributed by atoms with Gasteiger partial charge in [-0.15, -0.1) is 0 Å². The first-order valence-corrected chi connectivity index (χ1v) is 6.69. The first kappa shape index (κ1) is 13.2. The molecule has 1 fully saturated rings. The number of aliphatic hydroxyl groups excluding tert-OH is 1.